The van der Waals surface area contributed by atoms with E-state index in [1.165, 1.54) is 24.3 Å². The Hall–Kier alpha value is -1.88. The van der Waals surface area contributed by atoms with Crippen LogP contribution in [0.4, 0.5) is 5.69 Å². The zero-order valence-corrected chi connectivity index (χ0v) is 7.38. The fourth-order valence-electron chi connectivity index (χ4n) is 1.05. The zero-order chi connectivity index (χ0) is 10.7. The van der Waals surface area contributed by atoms with Crippen LogP contribution < -0.4 is 5.73 Å². The molecule has 0 fully saturated rings. The molecule has 0 heterocycles. The molecule has 5 heteroatoms. The molecular weight excluding hydrogens is 184 g/mol. The van der Waals surface area contributed by atoms with Crippen LogP contribution in [0.25, 0.3) is 0 Å². The van der Waals surface area contributed by atoms with Gasteiger partial charge in [0.15, 0.2) is 0 Å². The van der Waals surface area contributed by atoms with Crippen molar-refractivity contribution >= 4 is 5.69 Å². The van der Waals surface area contributed by atoms with Crippen LogP contribution in [-0.4, -0.2) is 10.0 Å². The Labute approximate surface area is 80.6 Å². The zero-order valence-electron chi connectivity index (χ0n) is 7.38. The summed E-state index contributed by atoms with van der Waals surface area (Å²) in [4.78, 5) is 9.89. The topological polar surface area (TPSA) is 89.4 Å². The second-order valence-corrected chi connectivity index (χ2v) is 2.76. The van der Waals surface area contributed by atoms with Gasteiger partial charge in [-0.15, -0.1) is 6.58 Å². The second-order valence-electron chi connectivity index (χ2n) is 2.76. The molecule has 1 rings (SSSR count). The van der Waals surface area contributed by atoms with Gasteiger partial charge in [-0.05, 0) is 6.07 Å². The molecule has 1 aromatic carbocycles. The minimum Gasteiger partial charge on any atom is -0.508 e. The van der Waals surface area contributed by atoms with Crippen LogP contribution in [0.2, 0.25) is 0 Å². The first-order chi connectivity index (χ1) is 6.56. The lowest BCUT2D eigenvalue weighted by Crippen LogP contribution is -2.07. The van der Waals surface area contributed by atoms with Gasteiger partial charge >= 0.3 is 0 Å². The molecule has 0 bridgehead atoms. The van der Waals surface area contributed by atoms with Gasteiger partial charge in [0, 0.05) is 17.7 Å². The minimum absolute atomic E-state index is 0.0667. The Morgan fingerprint density at radius 2 is 2.29 bits per heavy atom. The summed E-state index contributed by atoms with van der Waals surface area (Å²) in [6, 6.07) is 3.10. The third-order valence-corrected chi connectivity index (χ3v) is 1.83. The van der Waals surface area contributed by atoms with Gasteiger partial charge in [0.05, 0.1) is 11.0 Å². The van der Waals surface area contributed by atoms with Gasteiger partial charge in [-0.25, -0.2) is 0 Å². The highest BCUT2D eigenvalue weighted by Gasteiger charge is 2.13. The van der Waals surface area contributed by atoms with Crippen molar-refractivity contribution in [1.82, 2.24) is 0 Å². The Morgan fingerprint density at radius 1 is 1.64 bits per heavy atom. The maximum absolute atomic E-state index is 10.4. The lowest BCUT2D eigenvalue weighted by atomic mass is 10.1. The number of benzene rings is 1. The van der Waals surface area contributed by atoms with E-state index < -0.39 is 11.0 Å². The molecule has 0 unspecified atom stereocenters. The molecule has 0 aliphatic carbocycles. The number of phenolic OH excluding ortho intramolecular Hbond substituents is 1. The molecule has 1 aromatic rings. The number of nitro benzene ring substituents is 1. The smallest absolute Gasteiger partial charge is 0.270 e. The van der Waals surface area contributed by atoms with Gasteiger partial charge in [-0.1, -0.05) is 6.08 Å². The average Bonchev–Trinajstić information content (AvgIpc) is 2.17. The summed E-state index contributed by atoms with van der Waals surface area (Å²) in [5.41, 5.74) is 5.76. The summed E-state index contributed by atoms with van der Waals surface area (Å²) in [5, 5.41) is 19.8. The lowest BCUT2D eigenvalue weighted by molar-refractivity contribution is -0.384. The van der Waals surface area contributed by atoms with Crippen LogP contribution in [0.1, 0.15) is 11.6 Å². The Morgan fingerprint density at radius 3 is 2.79 bits per heavy atom. The summed E-state index contributed by atoms with van der Waals surface area (Å²) in [5.74, 6) is -0.0667. The van der Waals surface area contributed by atoms with Gasteiger partial charge in [0.1, 0.15) is 5.75 Å². The molecular formula is C9H10N2O3. The number of phenols is 1. The summed E-state index contributed by atoms with van der Waals surface area (Å²) < 4.78 is 0. The van der Waals surface area contributed by atoms with E-state index in [4.69, 9.17) is 5.73 Å². The highest BCUT2D eigenvalue weighted by molar-refractivity contribution is 5.45. The number of hydrogen-bond acceptors (Lipinski definition) is 4. The van der Waals surface area contributed by atoms with Gasteiger partial charge in [0.25, 0.3) is 5.69 Å². The Bertz CT molecular complexity index is 376. The van der Waals surface area contributed by atoms with E-state index in [1.807, 2.05) is 0 Å². The van der Waals surface area contributed by atoms with Crippen molar-refractivity contribution in [2.75, 3.05) is 0 Å². The molecule has 14 heavy (non-hydrogen) atoms. The van der Waals surface area contributed by atoms with Gasteiger partial charge in [-0.2, -0.15) is 0 Å². The number of aromatic hydroxyl groups is 1. The molecule has 0 spiro atoms. The molecule has 5 nitrogen and oxygen atoms in total. The second kappa shape index (κ2) is 3.89. The van der Waals surface area contributed by atoms with Crippen LogP contribution in [-0.2, 0) is 0 Å². The first-order valence-electron chi connectivity index (χ1n) is 3.91. The maximum atomic E-state index is 10.4. The largest absolute Gasteiger partial charge is 0.508 e. The fourth-order valence-corrected chi connectivity index (χ4v) is 1.05. The lowest BCUT2D eigenvalue weighted by Gasteiger charge is -2.08. The Kier molecular flexibility index (Phi) is 2.83. The highest BCUT2D eigenvalue weighted by Crippen LogP contribution is 2.27. The van der Waals surface area contributed by atoms with Crippen molar-refractivity contribution in [2.24, 2.45) is 5.73 Å². The molecule has 0 radical (unpaired) electrons. The van der Waals surface area contributed by atoms with E-state index >= 15 is 0 Å². The standard InChI is InChI=1S/C9H10N2O3/c1-2-8(10)7-5-6(11(13)14)3-4-9(7)12/h2-5,8,12H,1,10H2/t8-/m0/s1. The van der Waals surface area contributed by atoms with Gasteiger partial charge in [0.2, 0.25) is 0 Å². The molecule has 0 saturated heterocycles. The van der Waals surface area contributed by atoms with Crippen molar-refractivity contribution in [1.29, 1.82) is 0 Å². The normalized spacial score (nSPS) is 12.1. The molecule has 0 aromatic heterocycles. The summed E-state index contributed by atoms with van der Waals surface area (Å²) in [6.45, 7) is 3.45. The molecule has 0 aliphatic rings. The number of hydrogen-bond donors (Lipinski definition) is 2. The van der Waals surface area contributed by atoms with Gasteiger partial charge < -0.3 is 10.8 Å². The monoisotopic (exact) mass is 194 g/mol. The van der Waals surface area contributed by atoms with Crippen molar-refractivity contribution < 1.29 is 10.0 Å². The Balaban J connectivity index is 3.20. The van der Waals surface area contributed by atoms with Crippen LogP contribution >= 0.6 is 0 Å². The van der Waals surface area contributed by atoms with E-state index in [2.05, 4.69) is 6.58 Å². The first kappa shape index (κ1) is 10.2. The van der Waals surface area contributed by atoms with Crippen LogP contribution in [0.3, 0.4) is 0 Å². The van der Waals surface area contributed by atoms with E-state index in [9.17, 15) is 15.2 Å². The number of non-ortho nitro benzene ring substituents is 1. The molecule has 74 valence electrons. The SMILES string of the molecule is C=C[C@H](N)c1cc([N+](=O)[O-])ccc1O. The first-order valence-corrected chi connectivity index (χ1v) is 3.91. The van der Waals surface area contributed by atoms with Crippen LogP contribution in [0.5, 0.6) is 5.75 Å². The van der Waals surface area contributed by atoms with E-state index in [-0.39, 0.29) is 11.4 Å². The number of nitrogens with two attached hydrogens (primary N) is 1. The van der Waals surface area contributed by atoms with E-state index in [0.29, 0.717) is 5.56 Å². The highest BCUT2D eigenvalue weighted by atomic mass is 16.6. The number of nitro groups is 1. The molecule has 0 saturated carbocycles. The maximum Gasteiger partial charge on any atom is 0.270 e. The average molecular weight is 194 g/mol. The third kappa shape index (κ3) is 1.89. The molecule has 0 aliphatic heterocycles. The molecule has 1 atom stereocenters. The van der Waals surface area contributed by atoms with Gasteiger partial charge in [-0.3, -0.25) is 10.1 Å². The van der Waals surface area contributed by atoms with Crippen molar-refractivity contribution in [3.8, 4) is 5.75 Å². The minimum atomic E-state index is -0.602. The molecule has 0 amide bonds. The van der Waals surface area contributed by atoms with Crippen LogP contribution in [0.15, 0.2) is 30.9 Å². The van der Waals surface area contributed by atoms with Crippen LogP contribution in [0, 0.1) is 10.1 Å². The van der Waals surface area contributed by atoms with Crippen molar-refractivity contribution in [3.05, 3.63) is 46.5 Å². The third-order valence-electron chi connectivity index (χ3n) is 1.83. The summed E-state index contributed by atoms with van der Waals surface area (Å²) in [7, 11) is 0. The van der Waals surface area contributed by atoms with E-state index in [1.54, 1.807) is 0 Å². The molecule has 3 N–H and O–H groups in total. The van der Waals surface area contributed by atoms with Crippen molar-refractivity contribution in [3.63, 3.8) is 0 Å². The fraction of sp³-hybridized carbons (Fsp3) is 0.111. The summed E-state index contributed by atoms with van der Waals surface area (Å²) in [6.07, 6.45) is 1.40. The predicted octanol–water partition coefficient (Wildman–Crippen LogP) is 1.49. The van der Waals surface area contributed by atoms with Crippen molar-refractivity contribution in [2.45, 2.75) is 6.04 Å². The predicted molar refractivity (Wildman–Crippen MR) is 51.9 cm³/mol. The quantitative estimate of drug-likeness (QED) is 0.433. The number of nitrogens with zero attached hydrogens (tertiary/aromatic N) is 1. The van der Waals surface area contributed by atoms with E-state index in [0.717, 1.165) is 0 Å². The number of rotatable bonds is 3. The summed E-state index contributed by atoms with van der Waals surface area (Å²) >= 11 is 0.